The van der Waals surface area contributed by atoms with Crippen LogP contribution in [-0.2, 0) is 4.74 Å². The van der Waals surface area contributed by atoms with Crippen LogP contribution in [0.15, 0.2) is 42.7 Å². The number of nitrogens with one attached hydrogen (secondary N) is 1. The van der Waals surface area contributed by atoms with Gasteiger partial charge in [0.05, 0.1) is 24.7 Å². The first-order valence-electron chi connectivity index (χ1n) is 6.08. The van der Waals surface area contributed by atoms with Crippen LogP contribution in [0.4, 0.5) is 0 Å². The second-order valence-corrected chi connectivity index (χ2v) is 4.11. The molecular weight excluding hydrogens is 242 g/mol. The summed E-state index contributed by atoms with van der Waals surface area (Å²) in [5.74, 6) is -0.362. The molecule has 0 unspecified atom stereocenters. The Labute approximate surface area is 109 Å². The van der Waals surface area contributed by atoms with Crippen molar-refractivity contribution < 1.29 is 9.53 Å². The molecule has 0 aliphatic rings. The minimum absolute atomic E-state index is 0.350. The van der Waals surface area contributed by atoms with Crippen molar-refractivity contribution in [3.05, 3.63) is 48.3 Å². The maximum Gasteiger partial charge on any atom is 0.343 e. The Hall–Kier alpha value is -2.56. The van der Waals surface area contributed by atoms with Crippen LogP contribution in [-0.4, -0.2) is 27.2 Å². The average Bonchev–Trinajstić information content (AvgIpc) is 2.99. The van der Waals surface area contributed by atoms with E-state index in [0.29, 0.717) is 17.8 Å². The molecule has 1 N–H and O–H groups in total. The van der Waals surface area contributed by atoms with Gasteiger partial charge in [-0.2, -0.15) is 5.10 Å². The molecule has 0 aliphatic heterocycles. The molecule has 0 atom stereocenters. The van der Waals surface area contributed by atoms with Gasteiger partial charge in [0, 0.05) is 0 Å². The summed E-state index contributed by atoms with van der Waals surface area (Å²) in [5, 5.41) is 4.15. The molecule has 3 aromatic rings. The van der Waals surface area contributed by atoms with Crippen molar-refractivity contribution in [2.75, 3.05) is 6.61 Å². The highest BCUT2D eigenvalue weighted by Crippen LogP contribution is 2.20. The number of carbonyl (C=O) groups is 1. The fourth-order valence-corrected chi connectivity index (χ4v) is 1.99. The second kappa shape index (κ2) is 4.61. The Morgan fingerprint density at radius 1 is 1.37 bits per heavy atom. The molecule has 0 spiro atoms. The molecule has 0 bridgehead atoms. The number of benzene rings is 1. The van der Waals surface area contributed by atoms with Crippen molar-refractivity contribution in [1.29, 1.82) is 0 Å². The van der Waals surface area contributed by atoms with E-state index in [1.807, 2.05) is 36.5 Å². The third kappa shape index (κ3) is 1.99. The Balaban J connectivity index is 2.05. The number of aromatic amines is 1. The maximum atomic E-state index is 11.8. The molecule has 0 radical (unpaired) electrons. The second-order valence-electron chi connectivity index (χ2n) is 4.11. The van der Waals surface area contributed by atoms with Gasteiger partial charge in [-0.1, -0.05) is 30.3 Å². The molecule has 3 rings (SSSR count). The number of ether oxygens (including phenoxy) is 1. The van der Waals surface area contributed by atoms with Gasteiger partial charge in [0.15, 0.2) is 0 Å². The number of hydrogen-bond donors (Lipinski definition) is 1. The first kappa shape index (κ1) is 11.5. The zero-order valence-corrected chi connectivity index (χ0v) is 10.5. The molecule has 5 nitrogen and oxygen atoms in total. The number of fused-ring (bicyclic) bond motifs is 1. The van der Waals surface area contributed by atoms with Crippen molar-refractivity contribution in [1.82, 2.24) is 14.6 Å². The fourth-order valence-electron chi connectivity index (χ4n) is 1.99. The van der Waals surface area contributed by atoms with E-state index in [1.54, 1.807) is 11.4 Å². The number of imidazole rings is 1. The number of nitrogens with zero attached hydrogens (tertiary/aromatic N) is 2. The summed E-state index contributed by atoms with van der Waals surface area (Å²) < 4.78 is 6.64. The van der Waals surface area contributed by atoms with Crippen LogP contribution < -0.4 is 0 Å². The minimum atomic E-state index is -0.362. The summed E-state index contributed by atoms with van der Waals surface area (Å²) in [4.78, 5) is 15.0. The van der Waals surface area contributed by atoms with Gasteiger partial charge >= 0.3 is 5.97 Å². The number of carbonyl (C=O) groups excluding carboxylic acids is 1. The number of rotatable bonds is 3. The van der Waals surface area contributed by atoms with Gasteiger partial charge in [-0.3, -0.25) is 0 Å². The SMILES string of the molecule is CCOC(=O)c1cnn2cc(-c3ccccc3)[nH]c12. The number of esters is 1. The van der Waals surface area contributed by atoms with Crippen LogP contribution in [0.3, 0.4) is 0 Å². The van der Waals surface area contributed by atoms with Crippen LogP contribution in [0.2, 0.25) is 0 Å². The zero-order chi connectivity index (χ0) is 13.2. The lowest BCUT2D eigenvalue weighted by Crippen LogP contribution is -2.03. The number of H-pyrrole nitrogens is 1. The van der Waals surface area contributed by atoms with Gasteiger partial charge in [0.2, 0.25) is 0 Å². The van der Waals surface area contributed by atoms with E-state index in [9.17, 15) is 4.79 Å². The predicted molar refractivity (Wildman–Crippen MR) is 70.9 cm³/mol. The molecule has 5 heteroatoms. The van der Waals surface area contributed by atoms with Crippen molar-refractivity contribution in [3.8, 4) is 11.3 Å². The highest BCUT2D eigenvalue weighted by molar-refractivity contribution is 5.96. The molecule has 0 saturated heterocycles. The van der Waals surface area contributed by atoms with Crippen LogP contribution in [0.1, 0.15) is 17.3 Å². The molecule has 2 heterocycles. The van der Waals surface area contributed by atoms with Crippen molar-refractivity contribution in [3.63, 3.8) is 0 Å². The summed E-state index contributed by atoms with van der Waals surface area (Å²) in [7, 11) is 0. The molecule has 0 aliphatic carbocycles. The first-order chi connectivity index (χ1) is 9.29. The quantitative estimate of drug-likeness (QED) is 0.731. The average molecular weight is 255 g/mol. The van der Waals surface area contributed by atoms with Crippen LogP contribution in [0.25, 0.3) is 16.9 Å². The molecule has 96 valence electrons. The number of aromatic nitrogens is 3. The van der Waals surface area contributed by atoms with Crippen molar-refractivity contribution in [2.45, 2.75) is 6.92 Å². The summed E-state index contributed by atoms with van der Waals surface area (Å²) in [6.45, 7) is 2.13. The Morgan fingerprint density at radius 2 is 2.16 bits per heavy atom. The Bertz CT molecular complexity index is 713. The largest absolute Gasteiger partial charge is 0.462 e. The summed E-state index contributed by atoms with van der Waals surface area (Å²) in [6.07, 6.45) is 3.37. The highest BCUT2D eigenvalue weighted by Gasteiger charge is 2.16. The third-order valence-corrected chi connectivity index (χ3v) is 2.88. The van der Waals surface area contributed by atoms with Gasteiger partial charge < -0.3 is 9.72 Å². The molecule has 19 heavy (non-hydrogen) atoms. The highest BCUT2D eigenvalue weighted by atomic mass is 16.5. The van der Waals surface area contributed by atoms with Crippen LogP contribution >= 0.6 is 0 Å². The van der Waals surface area contributed by atoms with Gasteiger partial charge in [-0.15, -0.1) is 0 Å². The molecule has 0 amide bonds. The lowest BCUT2D eigenvalue weighted by molar-refractivity contribution is 0.0528. The van der Waals surface area contributed by atoms with Crippen molar-refractivity contribution in [2.24, 2.45) is 0 Å². The maximum absolute atomic E-state index is 11.8. The lowest BCUT2D eigenvalue weighted by atomic mass is 10.2. The Morgan fingerprint density at radius 3 is 2.89 bits per heavy atom. The van der Waals surface area contributed by atoms with Crippen LogP contribution in [0.5, 0.6) is 0 Å². The van der Waals surface area contributed by atoms with Gasteiger partial charge in [0.25, 0.3) is 0 Å². The van der Waals surface area contributed by atoms with E-state index in [1.165, 1.54) is 6.20 Å². The first-order valence-corrected chi connectivity index (χ1v) is 6.08. The van der Waals surface area contributed by atoms with Crippen LogP contribution in [0, 0.1) is 0 Å². The normalized spacial score (nSPS) is 10.8. The van der Waals surface area contributed by atoms with E-state index in [4.69, 9.17) is 4.74 Å². The molecular formula is C14H13N3O2. The third-order valence-electron chi connectivity index (χ3n) is 2.88. The lowest BCUT2D eigenvalue weighted by Gasteiger charge is -1.98. The minimum Gasteiger partial charge on any atom is -0.462 e. The topological polar surface area (TPSA) is 59.4 Å². The van der Waals surface area contributed by atoms with E-state index in [-0.39, 0.29) is 5.97 Å². The summed E-state index contributed by atoms with van der Waals surface area (Å²) in [5.41, 5.74) is 3.05. The Kier molecular flexibility index (Phi) is 2.79. The standard InChI is InChI=1S/C14H13N3O2/c1-2-19-14(18)11-8-15-17-9-12(16-13(11)17)10-6-4-3-5-7-10/h3-9,16H,2H2,1H3. The molecule has 1 aromatic carbocycles. The fraction of sp³-hybridized carbons (Fsp3) is 0.143. The van der Waals surface area contributed by atoms with Crippen molar-refractivity contribution >= 4 is 11.6 Å². The van der Waals surface area contributed by atoms with Gasteiger partial charge in [0.1, 0.15) is 11.2 Å². The molecule has 0 saturated carbocycles. The summed E-state index contributed by atoms with van der Waals surface area (Å²) >= 11 is 0. The molecule has 0 fully saturated rings. The number of hydrogen-bond acceptors (Lipinski definition) is 3. The summed E-state index contributed by atoms with van der Waals surface area (Å²) in [6, 6.07) is 9.88. The predicted octanol–water partition coefficient (Wildman–Crippen LogP) is 2.51. The van der Waals surface area contributed by atoms with E-state index >= 15 is 0 Å². The van der Waals surface area contributed by atoms with Gasteiger partial charge in [-0.25, -0.2) is 9.31 Å². The van der Waals surface area contributed by atoms with E-state index in [2.05, 4.69) is 10.1 Å². The van der Waals surface area contributed by atoms with E-state index < -0.39 is 0 Å². The van der Waals surface area contributed by atoms with Gasteiger partial charge in [-0.05, 0) is 12.5 Å². The zero-order valence-electron chi connectivity index (χ0n) is 10.5. The smallest absolute Gasteiger partial charge is 0.343 e. The van der Waals surface area contributed by atoms with E-state index in [0.717, 1.165) is 11.3 Å². The monoisotopic (exact) mass is 255 g/mol. The molecule has 2 aromatic heterocycles.